The van der Waals surface area contributed by atoms with E-state index in [0.29, 0.717) is 0 Å². The molecule has 0 saturated heterocycles. The Kier molecular flexibility index (Phi) is 3.06. The molecule has 4 nitrogen and oxygen atoms in total. The second-order valence-electron chi connectivity index (χ2n) is 4.06. The summed E-state index contributed by atoms with van der Waals surface area (Å²) < 4.78 is 40.1. The van der Waals surface area contributed by atoms with Gasteiger partial charge in [-0.1, -0.05) is 11.2 Å². The number of nitrogens with zero attached hydrogens (tertiary/aromatic N) is 1. The van der Waals surface area contributed by atoms with Crippen molar-refractivity contribution in [2.45, 2.75) is 25.1 Å². The number of hydrogen-bond acceptors (Lipinski definition) is 3. The van der Waals surface area contributed by atoms with Gasteiger partial charge in [-0.05, 0) is 36.5 Å². The molecule has 0 atom stereocenters. The molecule has 1 aliphatic carbocycles. The van der Waals surface area contributed by atoms with Crippen LogP contribution in [-0.2, 0) is 0 Å². The highest BCUT2D eigenvalue weighted by molar-refractivity contribution is 5.99. The minimum Gasteiger partial charge on any atom is -0.409 e. The summed E-state index contributed by atoms with van der Waals surface area (Å²) in [4.78, 5) is 0. The molecule has 7 heteroatoms. The number of alkyl halides is 3. The van der Waals surface area contributed by atoms with Crippen LogP contribution in [0.4, 0.5) is 13.2 Å². The van der Waals surface area contributed by atoms with Crippen LogP contribution in [0.1, 0.15) is 29.9 Å². The van der Waals surface area contributed by atoms with Gasteiger partial charge in [-0.2, -0.15) is 0 Å². The molecule has 1 aromatic rings. The summed E-state index contributed by atoms with van der Waals surface area (Å²) in [5, 5.41) is 11.5. The molecule has 98 valence electrons. The molecule has 0 aromatic heterocycles. The van der Waals surface area contributed by atoms with Crippen molar-refractivity contribution in [3.63, 3.8) is 0 Å². The maximum absolute atomic E-state index is 12.1. The first-order valence-corrected chi connectivity index (χ1v) is 5.28. The third kappa shape index (κ3) is 2.85. The van der Waals surface area contributed by atoms with Crippen LogP contribution in [0.2, 0.25) is 0 Å². The van der Waals surface area contributed by atoms with Crippen molar-refractivity contribution in [2.24, 2.45) is 10.9 Å². The van der Waals surface area contributed by atoms with Crippen molar-refractivity contribution < 1.29 is 23.1 Å². The highest BCUT2D eigenvalue weighted by atomic mass is 19.4. The zero-order valence-electron chi connectivity index (χ0n) is 9.24. The van der Waals surface area contributed by atoms with Gasteiger partial charge < -0.3 is 15.7 Å². The van der Waals surface area contributed by atoms with E-state index in [4.69, 9.17) is 10.9 Å². The fraction of sp³-hybridized carbons (Fsp3) is 0.364. The Morgan fingerprint density at radius 2 is 2.06 bits per heavy atom. The summed E-state index contributed by atoms with van der Waals surface area (Å²) in [5.74, 6) is -0.335. The van der Waals surface area contributed by atoms with Gasteiger partial charge in [-0.25, -0.2) is 0 Å². The molecule has 0 unspecified atom stereocenters. The van der Waals surface area contributed by atoms with Crippen LogP contribution in [0.5, 0.6) is 5.75 Å². The van der Waals surface area contributed by atoms with E-state index in [-0.39, 0.29) is 23.1 Å². The molecule has 1 saturated carbocycles. The van der Waals surface area contributed by atoms with E-state index in [1.807, 2.05) is 0 Å². The Morgan fingerprint density at radius 1 is 1.39 bits per heavy atom. The second-order valence-corrected chi connectivity index (χ2v) is 4.06. The van der Waals surface area contributed by atoms with Gasteiger partial charge in [-0.3, -0.25) is 0 Å². The van der Waals surface area contributed by atoms with Crippen molar-refractivity contribution in [3.8, 4) is 5.75 Å². The maximum Gasteiger partial charge on any atom is 0.573 e. The van der Waals surface area contributed by atoms with Crippen LogP contribution in [0.25, 0.3) is 0 Å². The molecule has 2 rings (SSSR count). The number of ether oxygens (including phenoxy) is 1. The van der Waals surface area contributed by atoms with Crippen LogP contribution in [0.15, 0.2) is 23.4 Å². The molecule has 1 aliphatic rings. The van der Waals surface area contributed by atoms with Gasteiger partial charge in [0.25, 0.3) is 0 Å². The fourth-order valence-corrected chi connectivity index (χ4v) is 1.76. The average molecular weight is 260 g/mol. The lowest BCUT2D eigenvalue weighted by molar-refractivity contribution is -0.274. The molecule has 0 amide bonds. The summed E-state index contributed by atoms with van der Waals surface area (Å²) in [7, 11) is 0. The van der Waals surface area contributed by atoms with Crippen molar-refractivity contribution in [1.82, 2.24) is 0 Å². The Hall–Kier alpha value is -1.92. The summed E-state index contributed by atoms with van der Waals surface area (Å²) in [6.45, 7) is 0. The van der Waals surface area contributed by atoms with Gasteiger partial charge in [-0.15, -0.1) is 13.2 Å². The minimum atomic E-state index is -4.76. The molecule has 0 spiro atoms. The molecule has 1 aromatic carbocycles. The maximum atomic E-state index is 12.1. The van der Waals surface area contributed by atoms with Gasteiger partial charge in [0.05, 0.1) is 0 Å². The lowest BCUT2D eigenvalue weighted by Crippen LogP contribution is -2.19. The van der Waals surface area contributed by atoms with Crippen LogP contribution in [-0.4, -0.2) is 17.4 Å². The molecule has 0 radical (unpaired) electrons. The number of rotatable bonds is 3. The predicted molar refractivity (Wildman–Crippen MR) is 57.6 cm³/mol. The fourth-order valence-electron chi connectivity index (χ4n) is 1.76. The smallest absolute Gasteiger partial charge is 0.409 e. The Bertz CT molecular complexity index is 482. The molecule has 3 N–H and O–H groups in total. The topological polar surface area (TPSA) is 67.8 Å². The number of nitrogens with two attached hydrogens (primary N) is 1. The number of hydrogen-bond donors (Lipinski definition) is 2. The number of halogens is 3. The van der Waals surface area contributed by atoms with Gasteiger partial charge >= 0.3 is 6.36 Å². The summed E-state index contributed by atoms with van der Waals surface area (Å²) in [6.07, 6.45) is -2.86. The summed E-state index contributed by atoms with van der Waals surface area (Å²) in [5.41, 5.74) is 6.51. The van der Waals surface area contributed by atoms with Gasteiger partial charge in [0, 0.05) is 5.56 Å². The van der Waals surface area contributed by atoms with Crippen molar-refractivity contribution in [3.05, 3.63) is 29.3 Å². The van der Waals surface area contributed by atoms with E-state index in [1.165, 1.54) is 12.1 Å². The Labute approximate surface area is 101 Å². The van der Waals surface area contributed by atoms with E-state index in [9.17, 15) is 13.2 Å². The molecule has 1 fully saturated rings. The van der Waals surface area contributed by atoms with Crippen LogP contribution < -0.4 is 10.5 Å². The van der Waals surface area contributed by atoms with Crippen LogP contribution in [0, 0.1) is 0 Å². The monoisotopic (exact) mass is 260 g/mol. The van der Waals surface area contributed by atoms with Gasteiger partial charge in [0.15, 0.2) is 5.84 Å². The first kappa shape index (κ1) is 12.5. The zero-order valence-corrected chi connectivity index (χ0v) is 9.24. The van der Waals surface area contributed by atoms with E-state index in [2.05, 4.69) is 9.89 Å². The molecule has 18 heavy (non-hydrogen) atoms. The van der Waals surface area contributed by atoms with Crippen molar-refractivity contribution in [1.29, 1.82) is 0 Å². The first-order chi connectivity index (χ1) is 8.40. The Morgan fingerprint density at radius 3 is 2.56 bits per heavy atom. The molecule has 0 aliphatic heterocycles. The third-order valence-corrected chi connectivity index (χ3v) is 2.66. The largest absolute Gasteiger partial charge is 0.573 e. The predicted octanol–water partition coefficient (Wildman–Crippen LogP) is 2.56. The van der Waals surface area contributed by atoms with Crippen molar-refractivity contribution >= 4 is 5.84 Å². The molecular formula is C11H11F3N2O2. The second kappa shape index (κ2) is 4.40. The zero-order chi connectivity index (χ0) is 13.3. The van der Waals surface area contributed by atoms with Gasteiger partial charge in [0.1, 0.15) is 5.75 Å². The first-order valence-electron chi connectivity index (χ1n) is 5.28. The SMILES string of the molecule is NC(=NO)c1cc(OC(F)(F)F)ccc1C1CC1. The normalized spacial score (nSPS) is 16.7. The third-order valence-electron chi connectivity index (χ3n) is 2.66. The standard InChI is InChI=1S/C11H11F3N2O2/c12-11(13,14)18-7-3-4-8(6-1-2-6)9(5-7)10(15)16-17/h3-6,17H,1-2H2,(H2,15,16). The van der Waals surface area contributed by atoms with E-state index in [1.54, 1.807) is 0 Å². The summed E-state index contributed by atoms with van der Waals surface area (Å²) in [6, 6.07) is 3.89. The number of oxime groups is 1. The highest BCUT2D eigenvalue weighted by Gasteiger charge is 2.32. The molecular weight excluding hydrogens is 249 g/mol. The van der Waals surface area contributed by atoms with E-state index < -0.39 is 6.36 Å². The minimum absolute atomic E-state index is 0.218. The van der Waals surface area contributed by atoms with E-state index >= 15 is 0 Å². The average Bonchev–Trinajstić information content (AvgIpc) is 3.09. The van der Waals surface area contributed by atoms with E-state index in [0.717, 1.165) is 24.5 Å². The van der Waals surface area contributed by atoms with Crippen LogP contribution >= 0.6 is 0 Å². The quantitative estimate of drug-likeness (QED) is 0.380. The molecule has 0 bridgehead atoms. The van der Waals surface area contributed by atoms with Gasteiger partial charge in [0.2, 0.25) is 0 Å². The Balaban J connectivity index is 2.36. The van der Waals surface area contributed by atoms with Crippen LogP contribution in [0.3, 0.4) is 0 Å². The molecule has 0 heterocycles. The lowest BCUT2D eigenvalue weighted by atomic mass is 10.0. The van der Waals surface area contributed by atoms with Crippen molar-refractivity contribution in [2.75, 3.05) is 0 Å². The number of amidine groups is 1. The highest BCUT2D eigenvalue weighted by Crippen LogP contribution is 2.42. The summed E-state index contributed by atoms with van der Waals surface area (Å²) >= 11 is 0. The number of benzene rings is 1. The lowest BCUT2D eigenvalue weighted by Gasteiger charge is -2.12.